The molecule has 4 nitrogen and oxygen atoms in total. The molecule has 0 unspecified atom stereocenters. The van der Waals surface area contributed by atoms with Crippen LogP contribution in [-0.4, -0.2) is 24.2 Å². The minimum atomic E-state index is -3.85. The number of hydrogen-bond donors (Lipinski definition) is 1. The van der Waals surface area contributed by atoms with Crippen LogP contribution in [0.25, 0.3) is 0 Å². The number of carboxylic acid groups (broad SMARTS) is 1. The normalized spacial score (nSPS) is 19.6. The third-order valence-corrected chi connectivity index (χ3v) is 6.37. The smallest absolute Gasteiger partial charge is 0.325 e. The van der Waals surface area contributed by atoms with Crippen molar-refractivity contribution in [1.82, 2.24) is 0 Å². The Balaban J connectivity index is 2.52. The molecule has 5 heteroatoms. The Labute approximate surface area is 113 Å². The summed E-state index contributed by atoms with van der Waals surface area (Å²) in [6.07, 6.45) is 3.52. The van der Waals surface area contributed by atoms with Crippen molar-refractivity contribution in [3.63, 3.8) is 0 Å². The second-order valence-corrected chi connectivity index (χ2v) is 7.29. The van der Waals surface area contributed by atoms with Crippen molar-refractivity contribution < 1.29 is 18.3 Å². The fraction of sp³-hybridized carbons (Fsp3) is 0.500. The third-order valence-electron chi connectivity index (χ3n) is 3.87. The lowest BCUT2D eigenvalue weighted by Crippen LogP contribution is -2.46. The quantitative estimate of drug-likeness (QED) is 0.865. The van der Waals surface area contributed by atoms with Gasteiger partial charge in [-0.3, -0.25) is 4.79 Å². The molecule has 1 N–H and O–H groups in total. The highest BCUT2D eigenvalue weighted by Gasteiger charge is 2.51. The molecule has 0 aliphatic heterocycles. The average Bonchev–Trinajstić information content (AvgIpc) is 2.66. The Hall–Kier alpha value is -1.36. The minimum Gasteiger partial charge on any atom is -0.480 e. The van der Waals surface area contributed by atoms with Gasteiger partial charge >= 0.3 is 5.97 Å². The highest BCUT2D eigenvalue weighted by Crippen LogP contribution is 2.38. The first kappa shape index (κ1) is 14.1. The van der Waals surface area contributed by atoms with Gasteiger partial charge in [-0.15, -0.1) is 0 Å². The zero-order valence-electron chi connectivity index (χ0n) is 10.7. The fourth-order valence-corrected chi connectivity index (χ4v) is 4.75. The second-order valence-electron chi connectivity index (χ2n) is 5.03. The third kappa shape index (κ3) is 2.39. The lowest BCUT2D eigenvalue weighted by atomic mass is 9.99. The standard InChI is InChI=1S/C14H18O4S/c15-13(16)14(10-6-1-2-7-11-14)19(17,18)12-8-4-3-5-9-12/h3-5,8-9H,1-2,6-7,10-11H2,(H,15,16). The highest BCUT2D eigenvalue weighted by atomic mass is 32.2. The zero-order chi connectivity index (χ0) is 13.9. The molecule has 2 rings (SSSR count). The maximum atomic E-state index is 12.7. The lowest BCUT2D eigenvalue weighted by molar-refractivity contribution is -0.140. The highest BCUT2D eigenvalue weighted by molar-refractivity contribution is 7.93. The van der Waals surface area contributed by atoms with Gasteiger partial charge < -0.3 is 5.11 Å². The summed E-state index contributed by atoms with van der Waals surface area (Å²) in [6, 6.07) is 7.92. The van der Waals surface area contributed by atoms with Crippen molar-refractivity contribution >= 4 is 15.8 Å². The second kappa shape index (κ2) is 5.33. The van der Waals surface area contributed by atoms with Crippen molar-refractivity contribution in [2.45, 2.75) is 48.2 Å². The van der Waals surface area contributed by atoms with Crippen LogP contribution in [0.15, 0.2) is 35.2 Å². The van der Waals surface area contributed by atoms with Crippen molar-refractivity contribution in [2.24, 2.45) is 0 Å². The van der Waals surface area contributed by atoms with Crippen LogP contribution in [0.1, 0.15) is 38.5 Å². The number of benzene rings is 1. The van der Waals surface area contributed by atoms with E-state index < -0.39 is 20.6 Å². The number of sulfone groups is 1. The van der Waals surface area contributed by atoms with Gasteiger partial charge in [0.05, 0.1) is 4.90 Å². The number of aliphatic carboxylic acids is 1. The molecule has 0 bridgehead atoms. The van der Waals surface area contributed by atoms with Gasteiger partial charge in [0.1, 0.15) is 0 Å². The lowest BCUT2D eigenvalue weighted by Gasteiger charge is -2.27. The van der Waals surface area contributed by atoms with Gasteiger partial charge in [0.15, 0.2) is 14.6 Å². The molecular weight excluding hydrogens is 264 g/mol. The van der Waals surface area contributed by atoms with E-state index in [1.165, 1.54) is 12.1 Å². The first-order valence-electron chi connectivity index (χ1n) is 6.54. The summed E-state index contributed by atoms with van der Waals surface area (Å²) in [5, 5.41) is 9.53. The van der Waals surface area contributed by atoms with Crippen LogP contribution in [0.5, 0.6) is 0 Å². The maximum Gasteiger partial charge on any atom is 0.325 e. The van der Waals surface area contributed by atoms with Gasteiger partial charge in [-0.05, 0) is 25.0 Å². The van der Waals surface area contributed by atoms with E-state index in [-0.39, 0.29) is 17.7 Å². The van der Waals surface area contributed by atoms with E-state index in [0.717, 1.165) is 12.8 Å². The van der Waals surface area contributed by atoms with Crippen molar-refractivity contribution in [3.8, 4) is 0 Å². The summed E-state index contributed by atoms with van der Waals surface area (Å²) in [4.78, 5) is 11.8. The largest absolute Gasteiger partial charge is 0.480 e. The molecule has 19 heavy (non-hydrogen) atoms. The Morgan fingerprint density at radius 3 is 2.00 bits per heavy atom. The summed E-state index contributed by atoms with van der Waals surface area (Å²) in [5.74, 6) is -1.21. The topological polar surface area (TPSA) is 71.4 Å². The van der Waals surface area contributed by atoms with Gasteiger partial charge in [-0.2, -0.15) is 0 Å². The van der Waals surface area contributed by atoms with E-state index in [0.29, 0.717) is 12.8 Å². The van der Waals surface area contributed by atoms with Crippen LogP contribution in [0.4, 0.5) is 0 Å². The van der Waals surface area contributed by atoms with Crippen molar-refractivity contribution in [1.29, 1.82) is 0 Å². The summed E-state index contributed by atoms with van der Waals surface area (Å²) in [7, 11) is -3.85. The molecule has 1 aliphatic rings. The molecule has 104 valence electrons. The number of rotatable bonds is 3. The van der Waals surface area contributed by atoms with Crippen molar-refractivity contribution in [3.05, 3.63) is 30.3 Å². The molecular formula is C14H18O4S. The van der Waals surface area contributed by atoms with E-state index in [1.54, 1.807) is 18.2 Å². The van der Waals surface area contributed by atoms with E-state index in [9.17, 15) is 18.3 Å². The Morgan fingerprint density at radius 2 is 1.53 bits per heavy atom. The molecule has 0 radical (unpaired) electrons. The van der Waals surface area contributed by atoms with Crippen LogP contribution in [0.2, 0.25) is 0 Å². The molecule has 1 fully saturated rings. The summed E-state index contributed by atoms with van der Waals surface area (Å²) >= 11 is 0. The predicted molar refractivity (Wildman–Crippen MR) is 71.7 cm³/mol. The summed E-state index contributed by atoms with van der Waals surface area (Å²) in [6.45, 7) is 0. The van der Waals surface area contributed by atoms with E-state index in [4.69, 9.17) is 0 Å². The van der Waals surface area contributed by atoms with Gasteiger partial charge in [-0.1, -0.05) is 43.9 Å². The van der Waals surface area contributed by atoms with Crippen LogP contribution < -0.4 is 0 Å². The van der Waals surface area contributed by atoms with Crippen LogP contribution in [0, 0.1) is 0 Å². The molecule has 0 aromatic heterocycles. The summed E-state index contributed by atoms with van der Waals surface area (Å²) < 4.78 is 23.8. The van der Waals surface area contributed by atoms with Gasteiger partial charge in [0.25, 0.3) is 0 Å². The molecule has 0 atom stereocenters. The van der Waals surface area contributed by atoms with E-state index >= 15 is 0 Å². The zero-order valence-corrected chi connectivity index (χ0v) is 11.5. The SMILES string of the molecule is O=C(O)C1(S(=O)(=O)c2ccccc2)CCCCCC1. The first-order valence-corrected chi connectivity index (χ1v) is 8.02. The van der Waals surface area contributed by atoms with Gasteiger partial charge in [0.2, 0.25) is 0 Å². The monoisotopic (exact) mass is 282 g/mol. The van der Waals surface area contributed by atoms with Crippen molar-refractivity contribution in [2.75, 3.05) is 0 Å². The average molecular weight is 282 g/mol. The molecule has 0 heterocycles. The molecule has 0 amide bonds. The molecule has 1 aromatic rings. The predicted octanol–water partition coefficient (Wildman–Crippen LogP) is 2.64. The Morgan fingerprint density at radius 1 is 1.00 bits per heavy atom. The molecule has 0 spiro atoms. The van der Waals surface area contributed by atoms with Gasteiger partial charge in [0, 0.05) is 0 Å². The maximum absolute atomic E-state index is 12.7. The number of carboxylic acids is 1. The number of carbonyl (C=O) groups is 1. The van der Waals surface area contributed by atoms with Crippen LogP contribution in [0.3, 0.4) is 0 Å². The Bertz CT molecular complexity index is 540. The van der Waals surface area contributed by atoms with Crippen LogP contribution in [-0.2, 0) is 14.6 Å². The fourth-order valence-electron chi connectivity index (χ4n) is 2.72. The summed E-state index contributed by atoms with van der Waals surface area (Å²) in [5.41, 5.74) is 0. The molecule has 1 aliphatic carbocycles. The van der Waals surface area contributed by atoms with E-state index in [2.05, 4.69) is 0 Å². The van der Waals surface area contributed by atoms with E-state index in [1.807, 2.05) is 0 Å². The molecule has 1 aromatic carbocycles. The minimum absolute atomic E-state index is 0.110. The number of hydrogen-bond acceptors (Lipinski definition) is 3. The molecule has 0 saturated heterocycles. The molecule has 1 saturated carbocycles. The van der Waals surface area contributed by atoms with Crippen LogP contribution >= 0.6 is 0 Å². The van der Waals surface area contributed by atoms with Gasteiger partial charge in [-0.25, -0.2) is 8.42 Å². The Kier molecular flexibility index (Phi) is 3.94. The first-order chi connectivity index (χ1) is 9.01.